The van der Waals surface area contributed by atoms with Gasteiger partial charge in [-0.1, -0.05) is 19.4 Å². The number of ether oxygens (including phenoxy) is 3. The lowest BCUT2D eigenvalue weighted by molar-refractivity contribution is 0.0499. The van der Waals surface area contributed by atoms with Crippen LogP contribution in [0.15, 0.2) is 69.9 Å². The summed E-state index contributed by atoms with van der Waals surface area (Å²) in [6.07, 6.45) is 1.66. The van der Waals surface area contributed by atoms with Crippen LogP contribution in [0.4, 0.5) is 10.1 Å². The summed E-state index contributed by atoms with van der Waals surface area (Å²) in [5, 5.41) is 0.0269. The first-order valence-corrected chi connectivity index (χ1v) is 12.5. The van der Waals surface area contributed by atoms with Gasteiger partial charge in [-0.2, -0.15) is 0 Å². The zero-order chi connectivity index (χ0) is 27.7. The van der Waals surface area contributed by atoms with E-state index in [0.29, 0.717) is 34.9 Å². The summed E-state index contributed by atoms with van der Waals surface area (Å²) < 4.78 is 36.0. The second kappa shape index (κ2) is 10.6. The second-order valence-corrected chi connectivity index (χ2v) is 9.04. The quantitative estimate of drug-likeness (QED) is 0.214. The Morgan fingerprint density at radius 1 is 0.974 bits per heavy atom. The molecule has 39 heavy (non-hydrogen) atoms. The maximum absolute atomic E-state index is 14.1. The Bertz CT molecular complexity index is 1630. The van der Waals surface area contributed by atoms with E-state index in [1.54, 1.807) is 42.5 Å². The highest BCUT2D eigenvalue weighted by Gasteiger charge is 2.44. The van der Waals surface area contributed by atoms with Crippen LogP contribution in [-0.2, 0) is 4.74 Å². The highest BCUT2D eigenvalue weighted by atomic mass is 19.1. The summed E-state index contributed by atoms with van der Waals surface area (Å²) in [7, 11) is 2.98. The second-order valence-electron chi connectivity index (χ2n) is 9.04. The number of carbonyl (C=O) groups excluding carboxylic acids is 2. The van der Waals surface area contributed by atoms with Gasteiger partial charge >= 0.3 is 5.97 Å². The van der Waals surface area contributed by atoms with Crippen LogP contribution in [0.2, 0.25) is 0 Å². The molecule has 1 aliphatic rings. The Morgan fingerprint density at radius 2 is 1.72 bits per heavy atom. The van der Waals surface area contributed by atoms with Gasteiger partial charge in [-0.05, 0) is 66.6 Å². The van der Waals surface area contributed by atoms with E-state index in [2.05, 4.69) is 0 Å². The average molecular weight is 532 g/mol. The predicted octanol–water partition coefficient (Wildman–Crippen LogP) is 5.66. The van der Waals surface area contributed by atoms with E-state index < -0.39 is 29.2 Å². The summed E-state index contributed by atoms with van der Waals surface area (Å²) >= 11 is 0. The molecule has 0 N–H and O–H groups in total. The number of amides is 1. The Morgan fingerprint density at radius 3 is 2.41 bits per heavy atom. The Labute approximate surface area is 223 Å². The lowest BCUT2D eigenvalue weighted by Gasteiger charge is -2.26. The molecule has 8 nitrogen and oxygen atoms in total. The topological polar surface area (TPSA) is 95.3 Å². The van der Waals surface area contributed by atoms with Gasteiger partial charge in [-0.15, -0.1) is 0 Å². The number of rotatable bonds is 8. The largest absolute Gasteiger partial charge is 0.493 e. The fourth-order valence-corrected chi connectivity index (χ4v) is 4.70. The van der Waals surface area contributed by atoms with Crippen molar-refractivity contribution in [2.45, 2.75) is 25.8 Å². The first-order valence-electron chi connectivity index (χ1n) is 12.5. The molecular formula is C30H26FNO7. The molecule has 0 saturated heterocycles. The summed E-state index contributed by atoms with van der Waals surface area (Å²) in [5.41, 5.74) is 0.964. The average Bonchev–Trinajstić information content (AvgIpc) is 3.25. The summed E-state index contributed by atoms with van der Waals surface area (Å²) in [5.74, 6) is -0.880. The van der Waals surface area contributed by atoms with Gasteiger partial charge in [-0.25, -0.2) is 9.18 Å². The fourth-order valence-electron chi connectivity index (χ4n) is 4.70. The smallest absolute Gasteiger partial charge is 0.338 e. The van der Waals surface area contributed by atoms with Gasteiger partial charge < -0.3 is 18.6 Å². The number of hydrogen-bond acceptors (Lipinski definition) is 7. The maximum Gasteiger partial charge on any atom is 0.338 e. The Balaban J connectivity index is 1.65. The third kappa shape index (κ3) is 4.60. The van der Waals surface area contributed by atoms with E-state index in [4.69, 9.17) is 18.6 Å². The monoisotopic (exact) mass is 531 g/mol. The number of esters is 1. The molecule has 5 rings (SSSR count). The number of carbonyl (C=O) groups is 2. The first kappa shape index (κ1) is 26.0. The number of benzene rings is 3. The third-order valence-corrected chi connectivity index (χ3v) is 6.67. The molecule has 1 unspecified atom stereocenters. The van der Waals surface area contributed by atoms with E-state index in [1.165, 1.54) is 31.3 Å². The Kier molecular flexibility index (Phi) is 7.06. The fraction of sp³-hybridized carbons (Fsp3) is 0.233. The van der Waals surface area contributed by atoms with Crippen LogP contribution in [0, 0.1) is 5.82 Å². The van der Waals surface area contributed by atoms with E-state index in [1.807, 2.05) is 6.92 Å². The standard InChI is InChI=1S/C30H26FNO7/c1-4-5-14-38-30(35)17-6-10-20(11-7-17)32-26(18-8-12-23(36-2)24(15-18)37-3)25-27(33)21-16-19(31)9-13-22(21)39-28(25)29(32)34/h6-13,15-16,26H,4-5,14H2,1-3H3. The SMILES string of the molecule is CCCCOC(=O)c1ccc(N2C(=O)c3oc4ccc(F)cc4c(=O)c3C2c2ccc(OC)c(OC)c2)cc1. The van der Waals surface area contributed by atoms with Crippen molar-refractivity contribution in [3.63, 3.8) is 0 Å². The summed E-state index contributed by atoms with van der Waals surface area (Å²) in [4.78, 5) is 41.3. The van der Waals surface area contributed by atoms with E-state index in [0.717, 1.165) is 18.9 Å². The molecule has 0 saturated carbocycles. The lowest BCUT2D eigenvalue weighted by Crippen LogP contribution is -2.29. The molecular weight excluding hydrogens is 505 g/mol. The third-order valence-electron chi connectivity index (χ3n) is 6.67. The number of anilines is 1. The number of unbranched alkanes of at least 4 members (excludes halogenated alkanes) is 1. The van der Waals surface area contributed by atoms with Gasteiger partial charge in [0.2, 0.25) is 5.76 Å². The van der Waals surface area contributed by atoms with Gasteiger partial charge in [0.15, 0.2) is 16.9 Å². The molecule has 0 radical (unpaired) electrons. The number of methoxy groups -OCH3 is 2. The maximum atomic E-state index is 14.1. The normalized spacial score (nSPS) is 14.4. The van der Waals surface area contributed by atoms with Crippen LogP contribution in [0.5, 0.6) is 11.5 Å². The Hall–Kier alpha value is -4.66. The van der Waals surface area contributed by atoms with Crippen molar-refractivity contribution in [1.82, 2.24) is 0 Å². The van der Waals surface area contributed by atoms with Crippen molar-refractivity contribution in [2.24, 2.45) is 0 Å². The molecule has 2 heterocycles. The summed E-state index contributed by atoms with van der Waals surface area (Å²) in [6.45, 7) is 2.32. The van der Waals surface area contributed by atoms with Crippen molar-refractivity contribution in [1.29, 1.82) is 0 Å². The molecule has 1 amide bonds. The van der Waals surface area contributed by atoms with Crippen molar-refractivity contribution in [3.8, 4) is 11.5 Å². The van der Waals surface area contributed by atoms with Crippen molar-refractivity contribution < 1.29 is 32.6 Å². The van der Waals surface area contributed by atoms with E-state index in [-0.39, 0.29) is 22.3 Å². The lowest BCUT2D eigenvalue weighted by atomic mass is 9.97. The van der Waals surface area contributed by atoms with Gasteiger partial charge in [0.25, 0.3) is 5.91 Å². The predicted molar refractivity (Wildman–Crippen MR) is 142 cm³/mol. The molecule has 4 aromatic rings. The molecule has 1 aliphatic heterocycles. The van der Waals surface area contributed by atoms with Crippen molar-refractivity contribution >= 4 is 28.5 Å². The number of nitrogens with zero attached hydrogens (tertiary/aromatic N) is 1. The molecule has 200 valence electrons. The van der Waals surface area contributed by atoms with Crippen LogP contribution in [0.25, 0.3) is 11.0 Å². The molecule has 1 atom stereocenters. The van der Waals surface area contributed by atoms with Crippen LogP contribution in [0.1, 0.15) is 57.8 Å². The van der Waals surface area contributed by atoms with Gasteiger partial charge in [0, 0.05) is 5.69 Å². The van der Waals surface area contributed by atoms with Gasteiger partial charge in [0.05, 0.1) is 43.4 Å². The molecule has 3 aromatic carbocycles. The van der Waals surface area contributed by atoms with E-state index >= 15 is 0 Å². The molecule has 0 fully saturated rings. The zero-order valence-electron chi connectivity index (χ0n) is 21.7. The summed E-state index contributed by atoms with van der Waals surface area (Å²) in [6, 6.07) is 14.1. The zero-order valence-corrected chi connectivity index (χ0v) is 21.7. The molecule has 0 bridgehead atoms. The molecule has 0 aliphatic carbocycles. The highest BCUT2D eigenvalue weighted by Crippen LogP contribution is 2.43. The van der Waals surface area contributed by atoms with Crippen LogP contribution in [-0.4, -0.2) is 32.7 Å². The molecule has 1 aromatic heterocycles. The number of halogens is 1. The molecule has 0 spiro atoms. The minimum Gasteiger partial charge on any atom is -0.493 e. The minimum absolute atomic E-state index is 0.0269. The number of hydrogen-bond donors (Lipinski definition) is 0. The van der Waals surface area contributed by atoms with Crippen LogP contribution >= 0.6 is 0 Å². The van der Waals surface area contributed by atoms with Crippen molar-refractivity contribution in [3.05, 3.63) is 99.2 Å². The molecule has 9 heteroatoms. The minimum atomic E-state index is -0.918. The van der Waals surface area contributed by atoms with Crippen LogP contribution in [0.3, 0.4) is 0 Å². The van der Waals surface area contributed by atoms with Crippen molar-refractivity contribution in [2.75, 3.05) is 25.7 Å². The van der Waals surface area contributed by atoms with E-state index in [9.17, 15) is 18.8 Å². The van der Waals surface area contributed by atoms with Gasteiger partial charge in [-0.3, -0.25) is 14.5 Å². The number of fused-ring (bicyclic) bond motifs is 2. The van der Waals surface area contributed by atoms with Crippen LogP contribution < -0.4 is 19.8 Å². The highest BCUT2D eigenvalue weighted by molar-refractivity contribution is 6.10. The first-order chi connectivity index (χ1) is 18.9. The van der Waals surface area contributed by atoms with Gasteiger partial charge in [0.1, 0.15) is 11.4 Å².